The Kier molecular flexibility index (Phi) is 4.79. The van der Waals surface area contributed by atoms with Crippen LogP contribution in [0.2, 0.25) is 0 Å². The molecule has 1 atom stereocenters. The molecule has 0 bridgehead atoms. The Morgan fingerprint density at radius 1 is 1.07 bits per heavy atom. The van der Waals surface area contributed by atoms with E-state index in [2.05, 4.69) is 29.2 Å². The Balaban J connectivity index is 1.34. The molecule has 1 spiro atoms. The van der Waals surface area contributed by atoms with Gasteiger partial charge in [0.15, 0.2) is 0 Å². The van der Waals surface area contributed by atoms with Crippen molar-refractivity contribution in [1.82, 2.24) is 14.7 Å². The first-order chi connectivity index (χ1) is 14.1. The van der Waals surface area contributed by atoms with Crippen molar-refractivity contribution in [1.29, 1.82) is 0 Å². The molecule has 0 radical (unpaired) electrons. The minimum atomic E-state index is -0.657. The van der Waals surface area contributed by atoms with Gasteiger partial charge in [-0.3, -0.25) is 14.6 Å². The molecule has 5 nitrogen and oxygen atoms in total. The Hall–Kier alpha value is -2.05. The van der Waals surface area contributed by atoms with Crippen LogP contribution in [0.5, 0.6) is 0 Å². The molecule has 152 valence electrons. The summed E-state index contributed by atoms with van der Waals surface area (Å²) in [7, 11) is 1.81. The molecule has 0 N–H and O–H groups in total. The molecule has 6 heteroatoms. The zero-order valence-corrected chi connectivity index (χ0v) is 17.7. The highest BCUT2D eigenvalue weighted by Crippen LogP contribution is 2.38. The van der Waals surface area contributed by atoms with E-state index in [1.54, 1.807) is 4.90 Å². The van der Waals surface area contributed by atoms with Crippen LogP contribution in [0.1, 0.15) is 24.8 Å². The molecule has 3 aliphatic rings. The number of likely N-dealkylation sites (N-methyl/N-ethyl adjacent to an activating group) is 1. The number of rotatable bonds is 3. The van der Waals surface area contributed by atoms with Crippen molar-refractivity contribution < 1.29 is 9.59 Å². The summed E-state index contributed by atoms with van der Waals surface area (Å²) in [5.41, 5.74) is 0.340. The molecular weight excluding hydrogens is 382 g/mol. The van der Waals surface area contributed by atoms with Gasteiger partial charge in [-0.25, -0.2) is 4.79 Å². The molecule has 3 heterocycles. The minimum Gasteiger partial charge on any atom is -0.312 e. The number of hydrogen-bond donors (Lipinski definition) is 0. The number of fused-ring (bicyclic) bond motifs is 1. The highest BCUT2D eigenvalue weighted by molar-refractivity contribution is 7.99. The number of carbonyl (C=O) groups is 2. The van der Waals surface area contributed by atoms with Crippen molar-refractivity contribution in [2.24, 2.45) is 0 Å². The highest BCUT2D eigenvalue weighted by Gasteiger charge is 2.56. The lowest BCUT2D eigenvalue weighted by Gasteiger charge is -2.42. The second-order valence-corrected chi connectivity index (χ2v) is 9.65. The maximum atomic E-state index is 13.4. The fourth-order valence-corrected chi connectivity index (χ4v) is 6.38. The summed E-state index contributed by atoms with van der Waals surface area (Å²) in [5.74, 6) is 2.42. The van der Waals surface area contributed by atoms with Crippen LogP contribution in [0.15, 0.2) is 42.5 Å². The number of carbonyl (C=O) groups excluding carboxylic acids is 2. The Morgan fingerprint density at radius 2 is 1.83 bits per heavy atom. The second kappa shape index (κ2) is 7.33. The number of urea groups is 1. The summed E-state index contributed by atoms with van der Waals surface area (Å²) in [6, 6.07) is 14.8. The fourth-order valence-electron chi connectivity index (χ4n) is 5.12. The van der Waals surface area contributed by atoms with Gasteiger partial charge in [-0.1, -0.05) is 36.4 Å². The predicted octanol–water partition coefficient (Wildman–Crippen LogP) is 3.57. The van der Waals surface area contributed by atoms with Crippen LogP contribution in [-0.4, -0.2) is 69.9 Å². The van der Waals surface area contributed by atoms with Crippen LogP contribution in [-0.2, 0) is 11.3 Å². The van der Waals surface area contributed by atoms with E-state index in [1.807, 2.05) is 37.0 Å². The molecular formula is C23H27N3O2S. The Labute approximate surface area is 176 Å². The summed E-state index contributed by atoms with van der Waals surface area (Å²) in [4.78, 5) is 32.2. The van der Waals surface area contributed by atoms with E-state index in [0.717, 1.165) is 36.9 Å². The lowest BCUT2D eigenvalue weighted by molar-refractivity contribution is -0.135. The molecule has 3 amide bonds. The van der Waals surface area contributed by atoms with Crippen molar-refractivity contribution in [2.75, 3.05) is 31.6 Å². The predicted molar refractivity (Wildman–Crippen MR) is 117 cm³/mol. The third-order valence-corrected chi connectivity index (χ3v) is 8.15. The van der Waals surface area contributed by atoms with E-state index in [9.17, 15) is 9.59 Å². The Morgan fingerprint density at radius 3 is 2.55 bits per heavy atom. The van der Waals surface area contributed by atoms with Crippen LogP contribution >= 0.6 is 11.8 Å². The van der Waals surface area contributed by atoms with Gasteiger partial charge in [0, 0.05) is 31.9 Å². The maximum Gasteiger partial charge on any atom is 0.327 e. The number of amides is 3. The third-order valence-electron chi connectivity index (χ3n) is 7.00. The van der Waals surface area contributed by atoms with Crippen LogP contribution < -0.4 is 0 Å². The summed E-state index contributed by atoms with van der Waals surface area (Å²) in [6.45, 7) is 2.15. The van der Waals surface area contributed by atoms with Gasteiger partial charge in [0.05, 0.1) is 6.54 Å². The van der Waals surface area contributed by atoms with E-state index in [0.29, 0.717) is 12.6 Å². The number of benzene rings is 2. The average Bonchev–Trinajstić information content (AvgIpc) is 3.35. The maximum absolute atomic E-state index is 13.4. The van der Waals surface area contributed by atoms with Crippen molar-refractivity contribution >= 4 is 34.5 Å². The van der Waals surface area contributed by atoms with E-state index in [1.165, 1.54) is 28.2 Å². The average molecular weight is 410 g/mol. The third kappa shape index (κ3) is 3.13. The molecule has 3 fully saturated rings. The normalized spacial score (nSPS) is 24.9. The van der Waals surface area contributed by atoms with Crippen molar-refractivity contribution in [3.63, 3.8) is 0 Å². The van der Waals surface area contributed by atoms with Crippen LogP contribution in [0.25, 0.3) is 10.8 Å². The van der Waals surface area contributed by atoms with Crippen molar-refractivity contribution in [2.45, 2.75) is 37.4 Å². The van der Waals surface area contributed by atoms with Gasteiger partial charge in [0.1, 0.15) is 5.54 Å². The number of piperidine rings is 1. The van der Waals surface area contributed by atoms with Crippen molar-refractivity contribution in [3.05, 3.63) is 48.0 Å². The first-order valence-electron chi connectivity index (χ1n) is 10.5. The van der Waals surface area contributed by atoms with Gasteiger partial charge in [-0.2, -0.15) is 11.8 Å². The number of imide groups is 1. The lowest BCUT2D eigenvalue weighted by atomic mass is 9.85. The summed E-state index contributed by atoms with van der Waals surface area (Å²) in [5, 5.41) is 2.30. The van der Waals surface area contributed by atoms with Gasteiger partial charge >= 0.3 is 6.03 Å². The van der Waals surface area contributed by atoms with Gasteiger partial charge in [0.25, 0.3) is 5.91 Å². The van der Waals surface area contributed by atoms with E-state index < -0.39 is 5.54 Å². The summed E-state index contributed by atoms with van der Waals surface area (Å²) < 4.78 is 0. The fraction of sp³-hybridized carbons (Fsp3) is 0.478. The molecule has 0 aromatic heterocycles. The molecule has 0 aliphatic carbocycles. The first kappa shape index (κ1) is 18.9. The van der Waals surface area contributed by atoms with Crippen LogP contribution in [0.4, 0.5) is 4.79 Å². The minimum absolute atomic E-state index is 0.0152. The van der Waals surface area contributed by atoms with E-state index in [-0.39, 0.29) is 11.9 Å². The largest absolute Gasteiger partial charge is 0.327 e. The topological polar surface area (TPSA) is 43.9 Å². The zero-order valence-electron chi connectivity index (χ0n) is 16.8. The molecule has 0 unspecified atom stereocenters. The van der Waals surface area contributed by atoms with E-state index >= 15 is 0 Å². The molecule has 2 aromatic carbocycles. The van der Waals surface area contributed by atoms with Crippen LogP contribution in [0.3, 0.4) is 0 Å². The van der Waals surface area contributed by atoms with E-state index in [4.69, 9.17) is 0 Å². The van der Waals surface area contributed by atoms with Crippen molar-refractivity contribution in [3.8, 4) is 0 Å². The number of likely N-dealkylation sites (tertiary alicyclic amines) is 1. The quantitative estimate of drug-likeness (QED) is 0.727. The molecule has 2 aromatic rings. The van der Waals surface area contributed by atoms with Gasteiger partial charge in [-0.15, -0.1) is 0 Å². The first-order valence-corrected chi connectivity index (χ1v) is 11.6. The molecule has 3 aliphatic heterocycles. The highest BCUT2D eigenvalue weighted by atomic mass is 32.2. The number of thioether (sulfide) groups is 1. The molecule has 5 rings (SSSR count). The lowest BCUT2D eigenvalue weighted by Crippen LogP contribution is -2.57. The second-order valence-electron chi connectivity index (χ2n) is 8.50. The standard InChI is InChI=1S/C23H27N3O2S/c1-24-22(28)26(15-17-6-7-18-4-2-3-5-19(18)14-17)21(27)23(24)9-11-25(12-10-23)20-8-13-29-16-20/h2-7,14,20H,8-13,15-16H2,1H3/t20-/m0/s1. The SMILES string of the molecule is CN1C(=O)N(Cc2ccc3ccccc3c2)C(=O)C12CCN([C@H]1CCSC1)CC2. The monoisotopic (exact) mass is 409 g/mol. The number of hydrogen-bond acceptors (Lipinski definition) is 4. The molecule has 3 saturated heterocycles. The zero-order chi connectivity index (χ0) is 20.0. The number of nitrogens with zero attached hydrogens (tertiary/aromatic N) is 3. The van der Waals surface area contributed by atoms with Crippen LogP contribution in [0, 0.1) is 0 Å². The van der Waals surface area contributed by atoms with Gasteiger partial charge in [0.2, 0.25) is 0 Å². The molecule has 29 heavy (non-hydrogen) atoms. The summed E-state index contributed by atoms with van der Waals surface area (Å²) in [6.07, 6.45) is 2.72. The summed E-state index contributed by atoms with van der Waals surface area (Å²) >= 11 is 2.02. The van der Waals surface area contributed by atoms with Gasteiger partial charge in [-0.05, 0) is 47.4 Å². The smallest absolute Gasteiger partial charge is 0.312 e. The Bertz CT molecular complexity index is 948. The molecule has 0 saturated carbocycles. The van der Waals surface area contributed by atoms with Gasteiger partial charge < -0.3 is 4.90 Å².